The van der Waals surface area contributed by atoms with E-state index in [9.17, 15) is 9.59 Å². The van der Waals surface area contributed by atoms with E-state index in [1.54, 1.807) is 12.1 Å². The molecule has 0 aliphatic carbocycles. The molecule has 0 atom stereocenters. The second kappa shape index (κ2) is 4.52. The van der Waals surface area contributed by atoms with E-state index in [0.717, 1.165) is 16.0 Å². The second-order valence-electron chi connectivity index (χ2n) is 3.85. The molecule has 1 heterocycles. The first-order valence-electron chi connectivity index (χ1n) is 5.32. The number of imide groups is 1. The largest absolute Gasteiger partial charge is 0.342 e. The van der Waals surface area contributed by atoms with Gasteiger partial charge in [-0.1, -0.05) is 12.1 Å². The molecule has 0 saturated carbocycles. The Balaban J connectivity index is 2.45. The first-order valence-corrected chi connectivity index (χ1v) is 5.32. The number of nitrogens with two attached hydrogens (primary N) is 2. The summed E-state index contributed by atoms with van der Waals surface area (Å²) in [6, 6.07) is 4.83. The molecule has 1 aromatic carbocycles. The van der Waals surface area contributed by atoms with Crippen LogP contribution in [0.4, 0.5) is 10.5 Å². The van der Waals surface area contributed by atoms with Crippen LogP contribution in [0, 0.1) is 0 Å². The van der Waals surface area contributed by atoms with E-state index in [2.05, 4.69) is 0 Å². The van der Waals surface area contributed by atoms with E-state index in [0.29, 0.717) is 25.1 Å². The third kappa shape index (κ3) is 2.00. The summed E-state index contributed by atoms with van der Waals surface area (Å²) < 4.78 is 0. The van der Waals surface area contributed by atoms with Gasteiger partial charge in [0.25, 0.3) is 0 Å². The number of carbonyl (C=O) groups is 2. The highest BCUT2D eigenvalue weighted by Gasteiger charge is 2.28. The Bertz CT molecular complexity index is 473. The van der Waals surface area contributed by atoms with Gasteiger partial charge in [0.2, 0.25) is 5.91 Å². The van der Waals surface area contributed by atoms with Crippen molar-refractivity contribution in [2.75, 3.05) is 4.90 Å². The Kier molecular flexibility index (Phi) is 3.08. The summed E-state index contributed by atoms with van der Waals surface area (Å²) in [4.78, 5) is 24.3. The van der Waals surface area contributed by atoms with Gasteiger partial charge in [0.05, 0.1) is 5.69 Å². The number of nitrogens with zero attached hydrogens (tertiary/aromatic N) is 1. The number of urea groups is 1. The molecule has 5 N–H and O–H groups in total. The Morgan fingerprint density at radius 1 is 1.41 bits per heavy atom. The van der Waals surface area contributed by atoms with E-state index in [4.69, 9.17) is 11.6 Å². The van der Waals surface area contributed by atoms with E-state index in [1.807, 2.05) is 11.5 Å². The summed E-state index contributed by atoms with van der Waals surface area (Å²) in [5, 5.41) is 0. The van der Waals surface area contributed by atoms with Crippen LogP contribution in [0.1, 0.15) is 17.5 Å². The zero-order valence-corrected chi connectivity index (χ0v) is 9.27. The van der Waals surface area contributed by atoms with Gasteiger partial charge in [-0.25, -0.2) is 15.5 Å². The molecule has 1 aliphatic heterocycles. The number of carbonyl (C=O) groups excluding carboxylic acids is 2. The van der Waals surface area contributed by atoms with Crippen LogP contribution in [-0.4, -0.2) is 11.9 Å². The van der Waals surface area contributed by atoms with E-state index >= 15 is 0 Å². The highest BCUT2D eigenvalue weighted by atomic mass is 16.2. The predicted molar refractivity (Wildman–Crippen MR) is 62.9 cm³/mol. The number of amides is 3. The molecule has 90 valence electrons. The highest BCUT2D eigenvalue weighted by Crippen LogP contribution is 2.28. The minimum absolute atomic E-state index is 0.249. The van der Waals surface area contributed by atoms with Gasteiger partial charge in [0.1, 0.15) is 0 Å². The fourth-order valence-electron chi connectivity index (χ4n) is 1.96. The number of hydrogen-bond acceptors (Lipinski definition) is 4. The average Bonchev–Trinajstić information content (AvgIpc) is 2.37. The molecule has 0 unspecified atom stereocenters. The van der Waals surface area contributed by atoms with Gasteiger partial charge in [-0.15, -0.1) is 0 Å². The Morgan fingerprint density at radius 3 is 2.82 bits per heavy atom. The van der Waals surface area contributed by atoms with Crippen molar-refractivity contribution in [3.63, 3.8) is 0 Å². The van der Waals surface area contributed by atoms with Crippen molar-refractivity contribution in [3.05, 3.63) is 29.3 Å². The first-order chi connectivity index (χ1) is 8.17. The van der Waals surface area contributed by atoms with Crippen molar-refractivity contribution in [1.29, 1.82) is 0 Å². The number of nitrogens with one attached hydrogen (secondary N) is 1. The van der Waals surface area contributed by atoms with Crippen LogP contribution >= 0.6 is 0 Å². The standard InChI is InChI=1S/C11H14N4O2/c12-6-7-1-3-9-8(5-7)2-4-10(16)15(9)11(17)14-13/h1,3,5H,2,4,6,12-13H2,(H,14,17). The lowest BCUT2D eigenvalue weighted by atomic mass is 9.99. The fraction of sp³-hybridized carbons (Fsp3) is 0.273. The number of benzene rings is 1. The molecule has 0 fully saturated rings. The molecule has 6 heteroatoms. The zero-order chi connectivity index (χ0) is 12.4. The van der Waals surface area contributed by atoms with Crippen molar-refractivity contribution in [2.45, 2.75) is 19.4 Å². The minimum Gasteiger partial charge on any atom is -0.326 e. The van der Waals surface area contributed by atoms with E-state index < -0.39 is 6.03 Å². The predicted octanol–water partition coefficient (Wildman–Crippen LogP) is 0.00780. The molecule has 17 heavy (non-hydrogen) atoms. The minimum atomic E-state index is -0.614. The van der Waals surface area contributed by atoms with Crippen molar-refractivity contribution in [3.8, 4) is 0 Å². The van der Waals surface area contributed by atoms with Gasteiger partial charge in [-0.3, -0.25) is 10.2 Å². The number of fused-ring (bicyclic) bond motifs is 1. The third-order valence-corrected chi connectivity index (χ3v) is 2.80. The van der Waals surface area contributed by atoms with Gasteiger partial charge < -0.3 is 5.73 Å². The van der Waals surface area contributed by atoms with Crippen molar-refractivity contribution >= 4 is 17.6 Å². The molecule has 1 aromatic rings. The normalized spacial score (nSPS) is 14.5. The third-order valence-electron chi connectivity index (χ3n) is 2.80. The fourth-order valence-corrected chi connectivity index (χ4v) is 1.96. The van der Waals surface area contributed by atoms with Crippen molar-refractivity contribution < 1.29 is 9.59 Å². The molecular weight excluding hydrogens is 220 g/mol. The summed E-state index contributed by atoms with van der Waals surface area (Å²) in [5.74, 6) is 4.82. The number of hydrazine groups is 1. The maximum absolute atomic E-state index is 11.7. The zero-order valence-electron chi connectivity index (χ0n) is 9.27. The van der Waals surface area contributed by atoms with Gasteiger partial charge >= 0.3 is 6.03 Å². The summed E-state index contributed by atoms with van der Waals surface area (Å²) in [6.07, 6.45) is 0.921. The Morgan fingerprint density at radius 2 is 2.18 bits per heavy atom. The SMILES string of the molecule is NCc1ccc2c(c1)CCC(=O)N2C(=O)NN. The number of aryl methyl sites for hydroxylation is 1. The second-order valence-corrected chi connectivity index (χ2v) is 3.85. The average molecular weight is 234 g/mol. The summed E-state index contributed by atoms with van der Waals surface area (Å²) in [7, 11) is 0. The van der Waals surface area contributed by atoms with Gasteiger partial charge in [-0.2, -0.15) is 0 Å². The molecule has 6 nitrogen and oxygen atoms in total. The summed E-state index contributed by atoms with van der Waals surface area (Å²) >= 11 is 0. The van der Waals surface area contributed by atoms with Gasteiger partial charge in [0, 0.05) is 13.0 Å². The van der Waals surface area contributed by atoms with Crippen molar-refractivity contribution in [2.24, 2.45) is 11.6 Å². The highest BCUT2D eigenvalue weighted by molar-refractivity contribution is 6.15. The summed E-state index contributed by atoms with van der Waals surface area (Å²) in [6.45, 7) is 0.435. The molecule has 0 aromatic heterocycles. The lowest BCUT2D eigenvalue weighted by molar-refractivity contribution is -0.118. The van der Waals surface area contributed by atoms with Crippen molar-refractivity contribution in [1.82, 2.24) is 5.43 Å². The molecule has 3 amide bonds. The quantitative estimate of drug-likeness (QED) is 0.362. The number of hydrogen-bond donors (Lipinski definition) is 3. The lowest BCUT2D eigenvalue weighted by Crippen LogP contribution is -2.48. The Labute approximate surface area is 98.5 Å². The molecular formula is C11H14N4O2. The smallest absolute Gasteiger partial charge is 0.326 e. The van der Waals surface area contributed by atoms with Crippen LogP contribution in [0.2, 0.25) is 0 Å². The van der Waals surface area contributed by atoms with Crippen LogP contribution in [0.3, 0.4) is 0 Å². The summed E-state index contributed by atoms with van der Waals surface area (Å²) in [5.41, 5.74) is 10.0. The molecule has 2 rings (SSSR count). The maximum Gasteiger partial charge on any atom is 0.342 e. The van der Waals surface area contributed by atoms with Crippen LogP contribution in [-0.2, 0) is 17.8 Å². The number of anilines is 1. The van der Waals surface area contributed by atoms with Gasteiger partial charge in [0.15, 0.2) is 0 Å². The molecule has 0 radical (unpaired) electrons. The Hall–Kier alpha value is -1.92. The molecule has 0 saturated heterocycles. The van der Waals surface area contributed by atoms with Crippen LogP contribution < -0.4 is 21.9 Å². The lowest BCUT2D eigenvalue weighted by Gasteiger charge is -2.27. The number of rotatable bonds is 1. The van der Waals surface area contributed by atoms with Crippen LogP contribution in [0.15, 0.2) is 18.2 Å². The molecule has 0 spiro atoms. The molecule has 1 aliphatic rings. The van der Waals surface area contributed by atoms with Crippen LogP contribution in [0.5, 0.6) is 0 Å². The van der Waals surface area contributed by atoms with Gasteiger partial charge in [-0.05, 0) is 23.6 Å². The molecule has 0 bridgehead atoms. The topological polar surface area (TPSA) is 101 Å². The maximum atomic E-state index is 11.7. The first kappa shape index (κ1) is 11.6. The monoisotopic (exact) mass is 234 g/mol. The van der Waals surface area contributed by atoms with E-state index in [1.165, 1.54) is 0 Å². The van der Waals surface area contributed by atoms with Crippen LogP contribution in [0.25, 0.3) is 0 Å². The van der Waals surface area contributed by atoms with E-state index in [-0.39, 0.29) is 5.91 Å².